The molecule has 0 aliphatic carbocycles. The fraction of sp³-hybridized carbons (Fsp3) is 0.212. The lowest BCUT2D eigenvalue weighted by Crippen LogP contribution is -2.22. The average Bonchev–Trinajstić information content (AvgIpc) is 3.35. The molecule has 0 radical (unpaired) electrons. The van der Waals surface area contributed by atoms with Crippen LogP contribution in [0.3, 0.4) is 0 Å². The molecule has 3 aromatic carbocycles. The minimum Gasteiger partial charge on any atom is -0.466 e. The highest BCUT2D eigenvalue weighted by molar-refractivity contribution is 6.76. The van der Waals surface area contributed by atoms with Crippen molar-refractivity contribution in [2.45, 2.75) is 38.5 Å². The molecular formula is C33H32ClN3O3Si. The second-order valence-corrected chi connectivity index (χ2v) is 17.3. The van der Waals surface area contributed by atoms with Gasteiger partial charge < -0.3 is 4.74 Å². The molecule has 0 amide bonds. The molecule has 5 aromatic rings. The monoisotopic (exact) mass is 581 g/mol. The van der Waals surface area contributed by atoms with Crippen molar-refractivity contribution in [1.29, 1.82) is 0 Å². The maximum absolute atomic E-state index is 13.4. The highest BCUT2D eigenvalue weighted by atomic mass is 35.5. The van der Waals surface area contributed by atoms with Crippen LogP contribution < -0.4 is 0 Å². The molecule has 0 aliphatic rings. The molecule has 0 unspecified atom stereocenters. The quantitative estimate of drug-likeness (QED) is 0.0942. The van der Waals surface area contributed by atoms with Gasteiger partial charge in [-0.15, -0.1) is 0 Å². The Balaban J connectivity index is 1.51. The summed E-state index contributed by atoms with van der Waals surface area (Å²) in [5, 5.41) is 1.20. The molecule has 0 bridgehead atoms. The minimum absolute atomic E-state index is 0.0237. The number of esters is 1. The third-order valence-electron chi connectivity index (χ3n) is 6.81. The van der Waals surface area contributed by atoms with E-state index in [1.165, 1.54) is 0 Å². The molecule has 0 saturated carbocycles. The van der Waals surface area contributed by atoms with Gasteiger partial charge in [-0.25, -0.2) is 9.97 Å². The van der Waals surface area contributed by atoms with E-state index in [9.17, 15) is 9.59 Å². The highest BCUT2D eigenvalue weighted by Crippen LogP contribution is 2.30. The Bertz CT molecular complexity index is 1640. The summed E-state index contributed by atoms with van der Waals surface area (Å²) in [6.45, 7) is 7.09. The van der Waals surface area contributed by atoms with E-state index in [1.54, 1.807) is 18.3 Å². The van der Waals surface area contributed by atoms with E-state index < -0.39 is 8.07 Å². The molecule has 0 aliphatic heterocycles. The molecule has 5 rings (SSSR count). The van der Waals surface area contributed by atoms with Crippen LogP contribution in [0, 0.1) is 0 Å². The normalized spacial score (nSPS) is 11.5. The van der Waals surface area contributed by atoms with Gasteiger partial charge in [-0.05, 0) is 30.3 Å². The fourth-order valence-electron chi connectivity index (χ4n) is 4.54. The van der Waals surface area contributed by atoms with E-state index in [-0.39, 0.29) is 24.6 Å². The number of carbonyl (C=O) groups excluding carboxylic acids is 2. The van der Waals surface area contributed by atoms with Crippen LogP contribution >= 0.6 is 11.6 Å². The van der Waals surface area contributed by atoms with E-state index in [2.05, 4.69) is 19.6 Å². The van der Waals surface area contributed by atoms with Crippen LogP contribution in [0.2, 0.25) is 30.7 Å². The zero-order chi connectivity index (χ0) is 29.0. The smallest absolute Gasteiger partial charge is 0.306 e. The topological polar surface area (TPSA) is 74.1 Å². The molecule has 0 saturated heterocycles. The van der Waals surface area contributed by atoms with Crippen LogP contribution in [0.4, 0.5) is 0 Å². The van der Waals surface area contributed by atoms with Crippen LogP contribution in [0.5, 0.6) is 0 Å². The molecule has 0 fully saturated rings. The number of ether oxygens (including phenoxy) is 1. The van der Waals surface area contributed by atoms with Crippen LogP contribution in [0.15, 0.2) is 91.1 Å². The summed E-state index contributed by atoms with van der Waals surface area (Å²) in [4.78, 5) is 35.6. The number of Topliss-reactive ketones (excluding diaryl/α,β-unsaturated/α-hetero) is 1. The van der Waals surface area contributed by atoms with Gasteiger partial charge in [0.1, 0.15) is 0 Å². The van der Waals surface area contributed by atoms with Crippen molar-refractivity contribution in [3.8, 4) is 28.5 Å². The van der Waals surface area contributed by atoms with Crippen LogP contribution in [0.1, 0.15) is 23.2 Å². The number of ketones is 1. The number of rotatable bonds is 10. The maximum Gasteiger partial charge on any atom is 0.306 e. The van der Waals surface area contributed by atoms with Gasteiger partial charge >= 0.3 is 5.97 Å². The lowest BCUT2D eigenvalue weighted by Gasteiger charge is -2.15. The van der Waals surface area contributed by atoms with Gasteiger partial charge in [0.05, 0.1) is 29.9 Å². The molecule has 208 valence electrons. The van der Waals surface area contributed by atoms with Crippen molar-refractivity contribution in [3.63, 3.8) is 0 Å². The van der Waals surface area contributed by atoms with Gasteiger partial charge in [0.15, 0.2) is 5.78 Å². The van der Waals surface area contributed by atoms with Crippen molar-refractivity contribution < 1.29 is 14.3 Å². The highest BCUT2D eigenvalue weighted by Gasteiger charge is 2.20. The predicted molar refractivity (Wildman–Crippen MR) is 167 cm³/mol. The summed E-state index contributed by atoms with van der Waals surface area (Å²) >= 11 is 6.36. The Hall–Kier alpha value is -4.07. The van der Waals surface area contributed by atoms with E-state index in [0.717, 1.165) is 34.1 Å². The first-order valence-corrected chi connectivity index (χ1v) is 17.8. The molecular weight excluding hydrogens is 550 g/mol. The number of nitrogens with zero attached hydrogens (tertiary/aromatic N) is 3. The first-order chi connectivity index (χ1) is 19.7. The van der Waals surface area contributed by atoms with Crippen molar-refractivity contribution in [2.24, 2.45) is 0 Å². The Morgan fingerprint density at radius 1 is 0.829 bits per heavy atom. The summed E-state index contributed by atoms with van der Waals surface area (Å²) in [6.07, 6.45) is 1.81. The molecule has 2 aromatic heterocycles. The molecule has 41 heavy (non-hydrogen) atoms. The summed E-state index contributed by atoms with van der Waals surface area (Å²) in [7, 11) is -1.31. The zero-order valence-corrected chi connectivity index (χ0v) is 25.2. The lowest BCUT2D eigenvalue weighted by molar-refractivity contribution is -0.143. The van der Waals surface area contributed by atoms with Crippen molar-refractivity contribution in [3.05, 3.63) is 102 Å². The van der Waals surface area contributed by atoms with Crippen molar-refractivity contribution >= 4 is 42.3 Å². The number of fused-ring (bicyclic) bond motifs is 1. The Labute approximate surface area is 246 Å². The van der Waals surface area contributed by atoms with Gasteiger partial charge in [0.2, 0.25) is 5.95 Å². The average molecular weight is 582 g/mol. The van der Waals surface area contributed by atoms with E-state index >= 15 is 0 Å². The minimum atomic E-state index is -1.31. The molecule has 2 heterocycles. The van der Waals surface area contributed by atoms with Gasteiger partial charge in [0, 0.05) is 47.8 Å². The maximum atomic E-state index is 13.4. The summed E-state index contributed by atoms with van der Waals surface area (Å²) in [5.41, 5.74) is 4.65. The van der Waals surface area contributed by atoms with Gasteiger partial charge in [-0.2, -0.15) is 0 Å². The molecule has 0 spiro atoms. The number of carbonyl (C=O) groups is 2. The standard InChI is InChI=1S/C33H32ClN3O3Si/c1-41(2,3)19-18-40-32(39)17-16-31(38)27-22-37(30-15-14-25(34)20-26(27)30)33-35-28(23-10-6-4-7-11-23)21-29(36-33)24-12-8-5-9-13-24/h4-15,20-22H,16-19H2,1-3H3. The third-order valence-corrected chi connectivity index (χ3v) is 8.75. The van der Waals surface area contributed by atoms with E-state index in [4.69, 9.17) is 26.3 Å². The van der Waals surface area contributed by atoms with Crippen LogP contribution in [-0.2, 0) is 9.53 Å². The number of halogens is 1. The van der Waals surface area contributed by atoms with Crippen LogP contribution in [-0.4, -0.2) is 41.0 Å². The van der Waals surface area contributed by atoms with Gasteiger partial charge in [0.25, 0.3) is 0 Å². The second-order valence-electron chi connectivity index (χ2n) is 11.2. The Morgan fingerprint density at radius 3 is 2.02 bits per heavy atom. The van der Waals surface area contributed by atoms with Crippen molar-refractivity contribution in [1.82, 2.24) is 14.5 Å². The first kappa shape index (κ1) is 28.5. The predicted octanol–water partition coefficient (Wildman–Crippen LogP) is 8.25. The number of hydrogen-bond donors (Lipinski definition) is 0. The second kappa shape index (κ2) is 12.2. The zero-order valence-electron chi connectivity index (χ0n) is 23.4. The van der Waals surface area contributed by atoms with E-state index in [1.807, 2.05) is 77.4 Å². The van der Waals surface area contributed by atoms with Crippen LogP contribution in [0.25, 0.3) is 39.4 Å². The molecule has 6 nitrogen and oxygen atoms in total. The summed E-state index contributed by atoms with van der Waals surface area (Å²) in [6, 6.07) is 28.1. The van der Waals surface area contributed by atoms with Gasteiger partial charge in [-0.3, -0.25) is 14.2 Å². The number of hydrogen-bond acceptors (Lipinski definition) is 5. The molecule has 0 N–H and O–H groups in total. The SMILES string of the molecule is C[Si](C)(C)CCOC(=O)CCC(=O)c1cn(-c2nc(-c3ccccc3)cc(-c3ccccc3)n2)c2ccc(Cl)cc12. The first-order valence-electron chi connectivity index (χ1n) is 13.7. The fourth-order valence-corrected chi connectivity index (χ4v) is 5.43. The van der Waals surface area contributed by atoms with E-state index in [0.29, 0.717) is 28.5 Å². The summed E-state index contributed by atoms with van der Waals surface area (Å²) in [5.74, 6) is -0.0900. The van der Waals surface area contributed by atoms with Crippen molar-refractivity contribution in [2.75, 3.05) is 6.61 Å². The van der Waals surface area contributed by atoms with Gasteiger partial charge in [-0.1, -0.05) is 91.9 Å². The third kappa shape index (κ3) is 6.99. The largest absolute Gasteiger partial charge is 0.466 e. The number of benzene rings is 3. The number of aromatic nitrogens is 3. The molecule has 0 atom stereocenters. The Morgan fingerprint density at radius 2 is 1.44 bits per heavy atom. The molecule has 8 heteroatoms. The summed E-state index contributed by atoms with van der Waals surface area (Å²) < 4.78 is 7.22. The lowest BCUT2D eigenvalue weighted by atomic mass is 10.1. The Kier molecular flexibility index (Phi) is 8.47.